The first-order valence-corrected chi connectivity index (χ1v) is 12.8. The summed E-state index contributed by atoms with van der Waals surface area (Å²) in [5.41, 5.74) is -1.94. The molecule has 2 aliphatic rings. The molecule has 7 nitrogen and oxygen atoms in total. The van der Waals surface area contributed by atoms with Crippen molar-refractivity contribution >= 4 is 29.5 Å². The Morgan fingerprint density at radius 1 is 1.07 bits per heavy atom. The van der Waals surface area contributed by atoms with Gasteiger partial charge in [0.05, 0.1) is 54.4 Å². The number of hydrogen-bond donors (Lipinski definition) is 0. The van der Waals surface area contributed by atoms with Gasteiger partial charge in [-0.3, -0.25) is 9.80 Å². The van der Waals surface area contributed by atoms with Crippen molar-refractivity contribution in [3.05, 3.63) is 57.9 Å². The van der Waals surface area contributed by atoms with Crippen LogP contribution in [-0.2, 0) is 34.8 Å². The maximum absolute atomic E-state index is 13.6. The van der Waals surface area contributed by atoms with Crippen molar-refractivity contribution in [1.82, 2.24) is 9.88 Å². The lowest BCUT2D eigenvalue weighted by Crippen LogP contribution is -2.60. The van der Waals surface area contributed by atoms with Crippen LogP contribution in [-0.4, -0.2) is 47.4 Å². The zero-order chi connectivity index (χ0) is 29.6. The van der Waals surface area contributed by atoms with Crippen molar-refractivity contribution < 1.29 is 45.4 Å². The first-order chi connectivity index (χ1) is 18.6. The van der Waals surface area contributed by atoms with Crippen molar-refractivity contribution in [3.8, 4) is 0 Å². The number of pyridine rings is 1. The number of alkyl halides is 6. The molecule has 1 aliphatic carbocycles. The van der Waals surface area contributed by atoms with Gasteiger partial charge in [-0.15, -0.1) is 0 Å². The van der Waals surface area contributed by atoms with E-state index >= 15 is 0 Å². The van der Waals surface area contributed by atoms with Crippen molar-refractivity contribution in [2.75, 3.05) is 12.0 Å². The monoisotopic (exact) mass is 593 g/mol. The van der Waals surface area contributed by atoms with E-state index in [2.05, 4.69) is 4.98 Å². The summed E-state index contributed by atoms with van der Waals surface area (Å²) in [6, 6.07) is 2.60. The predicted octanol–water partition coefficient (Wildman–Crippen LogP) is 7.10. The van der Waals surface area contributed by atoms with Gasteiger partial charge in [0.1, 0.15) is 5.15 Å². The van der Waals surface area contributed by atoms with Crippen LogP contribution in [0.15, 0.2) is 30.3 Å². The molecule has 1 fully saturated rings. The highest BCUT2D eigenvalue weighted by atomic mass is 35.5. The fourth-order valence-electron chi connectivity index (χ4n) is 4.98. The van der Waals surface area contributed by atoms with Crippen LogP contribution in [0.25, 0.3) is 0 Å². The van der Waals surface area contributed by atoms with Gasteiger partial charge >= 0.3 is 24.5 Å². The third-order valence-corrected chi connectivity index (χ3v) is 6.94. The normalized spacial score (nSPS) is 19.3. The molecule has 1 saturated carbocycles. The molecular formula is C26H26ClF6N3O4. The minimum Gasteiger partial charge on any atom is -0.453 e. The molecule has 0 unspecified atom stereocenters. The van der Waals surface area contributed by atoms with Crippen LogP contribution in [0.2, 0.25) is 5.15 Å². The number of rotatable bonds is 5. The van der Waals surface area contributed by atoms with E-state index in [1.807, 2.05) is 0 Å². The Morgan fingerprint density at radius 3 is 2.27 bits per heavy atom. The van der Waals surface area contributed by atoms with Gasteiger partial charge in [-0.25, -0.2) is 14.6 Å². The van der Waals surface area contributed by atoms with Gasteiger partial charge < -0.3 is 9.47 Å². The average Bonchev–Trinajstić information content (AvgIpc) is 3.68. The van der Waals surface area contributed by atoms with Crippen LogP contribution in [0.5, 0.6) is 0 Å². The van der Waals surface area contributed by atoms with Crippen LogP contribution in [0.1, 0.15) is 49.1 Å². The maximum Gasteiger partial charge on any atom is 0.416 e. The molecule has 2 heterocycles. The summed E-state index contributed by atoms with van der Waals surface area (Å²) in [4.78, 5) is 32.7. The van der Waals surface area contributed by atoms with Crippen LogP contribution >= 0.6 is 11.6 Å². The second-order valence-corrected chi connectivity index (χ2v) is 10.4. The Bertz CT molecular complexity index is 1280. The number of methoxy groups -OCH3 is 1. The van der Waals surface area contributed by atoms with E-state index in [0.717, 1.165) is 30.2 Å². The van der Waals surface area contributed by atoms with Crippen LogP contribution < -0.4 is 4.90 Å². The molecule has 0 saturated heterocycles. The number of aromatic nitrogens is 1. The van der Waals surface area contributed by atoms with E-state index in [1.54, 1.807) is 13.8 Å². The molecule has 2 amide bonds. The first kappa shape index (κ1) is 29.8. The summed E-state index contributed by atoms with van der Waals surface area (Å²) >= 11 is 5.85. The minimum absolute atomic E-state index is 0.112. The topological polar surface area (TPSA) is 72.0 Å². The highest BCUT2D eigenvalue weighted by Crippen LogP contribution is 2.46. The molecule has 218 valence electrons. The van der Waals surface area contributed by atoms with E-state index in [1.165, 1.54) is 11.0 Å². The molecule has 1 aromatic carbocycles. The largest absolute Gasteiger partial charge is 0.453 e. The van der Waals surface area contributed by atoms with Crippen LogP contribution in [0.3, 0.4) is 0 Å². The molecule has 0 bridgehead atoms. The number of ether oxygens (including phenoxy) is 2. The van der Waals surface area contributed by atoms with Crippen molar-refractivity contribution in [1.29, 1.82) is 0 Å². The number of carbonyl (C=O) groups excluding carboxylic acids is 2. The molecule has 4 rings (SSSR count). The zero-order valence-electron chi connectivity index (χ0n) is 21.6. The smallest absolute Gasteiger partial charge is 0.416 e. The molecule has 0 spiro atoms. The van der Waals surface area contributed by atoms with Crippen molar-refractivity contribution in [3.63, 3.8) is 0 Å². The number of halogens is 7. The Morgan fingerprint density at radius 2 is 1.73 bits per heavy atom. The van der Waals surface area contributed by atoms with Gasteiger partial charge in [-0.1, -0.05) is 11.6 Å². The average molecular weight is 594 g/mol. The molecule has 1 aromatic heterocycles. The third-order valence-electron chi connectivity index (χ3n) is 6.74. The Kier molecular flexibility index (Phi) is 8.17. The highest BCUT2D eigenvalue weighted by molar-refractivity contribution is 6.29. The summed E-state index contributed by atoms with van der Waals surface area (Å²) < 4.78 is 91.5. The molecule has 40 heavy (non-hydrogen) atoms. The lowest BCUT2D eigenvalue weighted by Gasteiger charge is -2.46. The van der Waals surface area contributed by atoms with Gasteiger partial charge in [0.2, 0.25) is 0 Å². The van der Waals surface area contributed by atoms with E-state index in [0.29, 0.717) is 18.9 Å². The zero-order valence-corrected chi connectivity index (χ0v) is 22.4. The SMILES string of the molecule is COC(=O)N(Cc1cc(C(F)(F)F)cc(Cl)n1)[C@@H]1Cc2cc(C(F)(F)F)ccc2N(C(=O)OC(C)C)[C@@H]1C1CC1. The molecule has 0 radical (unpaired) electrons. The van der Waals surface area contributed by atoms with Crippen molar-refractivity contribution in [2.45, 2.75) is 70.2 Å². The number of nitrogens with zero attached hydrogens (tertiary/aromatic N) is 3. The Labute approximate surface area is 231 Å². The Balaban J connectivity index is 1.84. The number of fused-ring (bicyclic) bond motifs is 1. The van der Waals surface area contributed by atoms with Gasteiger partial charge in [0, 0.05) is 0 Å². The van der Waals surface area contributed by atoms with Gasteiger partial charge in [0.25, 0.3) is 0 Å². The molecule has 2 aromatic rings. The fourth-order valence-corrected chi connectivity index (χ4v) is 5.21. The lowest BCUT2D eigenvalue weighted by atomic mass is 9.86. The fraction of sp³-hybridized carbons (Fsp3) is 0.500. The number of amides is 2. The molecular weight excluding hydrogens is 568 g/mol. The lowest BCUT2D eigenvalue weighted by molar-refractivity contribution is -0.138. The molecule has 0 N–H and O–H groups in total. The summed E-state index contributed by atoms with van der Waals surface area (Å²) in [6.07, 6.45) is -10.6. The first-order valence-electron chi connectivity index (χ1n) is 12.4. The van der Waals surface area contributed by atoms with Crippen molar-refractivity contribution in [2.24, 2.45) is 5.92 Å². The maximum atomic E-state index is 13.6. The molecule has 1 aliphatic heterocycles. The van der Waals surface area contributed by atoms with Gasteiger partial charge in [-0.2, -0.15) is 26.3 Å². The number of anilines is 1. The van der Waals surface area contributed by atoms with Gasteiger partial charge in [-0.05, 0) is 74.9 Å². The highest BCUT2D eigenvalue weighted by Gasteiger charge is 2.50. The number of hydrogen-bond acceptors (Lipinski definition) is 5. The number of carbonyl (C=O) groups is 2. The second kappa shape index (κ2) is 11.0. The third kappa shape index (κ3) is 6.39. The van der Waals surface area contributed by atoms with E-state index < -0.39 is 65.6 Å². The van der Waals surface area contributed by atoms with Crippen LogP contribution in [0, 0.1) is 5.92 Å². The summed E-state index contributed by atoms with van der Waals surface area (Å²) in [5.74, 6) is -0.148. The quantitative estimate of drug-likeness (QED) is 0.273. The van der Waals surface area contributed by atoms with Gasteiger partial charge in [0.15, 0.2) is 0 Å². The van der Waals surface area contributed by atoms with E-state index in [-0.39, 0.29) is 29.3 Å². The molecule has 14 heteroatoms. The Hall–Kier alpha value is -3.22. The predicted molar refractivity (Wildman–Crippen MR) is 132 cm³/mol. The van der Waals surface area contributed by atoms with E-state index in [4.69, 9.17) is 21.1 Å². The standard InChI is InChI=1S/C26H26ClF6N3O4/c1-13(2)40-24(38)36-19-7-6-16(25(28,29)30)8-15(19)9-20(22(36)14-4-5-14)35(23(37)39-3)12-18-10-17(26(31,32)33)11-21(27)34-18/h6-8,10-11,13-14,20,22H,4-5,9,12H2,1-3H3/t20-,22-/m1/s1. The minimum atomic E-state index is -4.75. The van der Waals surface area contributed by atoms with E-state index in [9.17, 15) is 35.9 Å². The summed E-state index contributed by atoms with van der Waals surface area (Å²) in [5, 5.41) is -0.459. The summed E-state index contributed by atoms with van der Waals surface area (Å²) in [7, 11) is 1.07. The second-order valence-electron chi connectivity index (χ2n) is 10.0. The van der Waals surface area contributed by atoms with Crippen LogP contribution in [0.4, 0.5) is 41.6 Å². The summed E-state index contributed by atoms with van der Waals surface area (Å²) in [6.45, 7) is 2.72. The molecule has 2 atom stereocenters. The number of benzene rings is 1.